The summed E-state index contributed by atoms with van der Waals surface area (Å²) in [7, 11) is 0. The van der Waals surface area contributed by atoms with Crippen LogP contribution < -0.4 is 0 Å². The monoisotopic (exact) mass is 303 g/mol. The van der Waals surface area contributed by atoms with Gasteiger partial charge in [0.05, 0.1) is 30.8 Å². The molecule has 1 fully saturated rings. The van der Waals surface area contributed by atoms with E-state index in [9.17, 15) is 9.59 Å². The Morgan fingerprint density at radius 2 is 2.27 bits per heavy atom. The van der Waals surface area contributed by atoms with Gasteiger partial charge in [0, 0.05) is 11.9 Å². The van der Waals surface area contributed by atoms with Crippen LogP contribution in [0.5, 0.6) is 0 Å². The zero-order valence-corrected chi connectivity index (χ0v) is 12.2. The summed E-state index contributed by atoms with van der Waals surface area (Å²) in [5, 5.41) is 16.9. The molecule has 116 valence electrons. The van der Waals surface area contributed by atoms with Crippen molar-refractivity contribution >= 4 is 22.8 Å². The average Bonchev–Trinajstić information content (AvgIpc) is 2.94. The van der Waals surface area contributed by atoms with Crippen molar-refractivity contribution in [2.24, 2.45) is 0 Å². The van der Waals surface area contributed by atoms with Gasteiger partial charge in [-0.25, -0.2) is 4.79 Å². The number of rotatable bonds is 3. The maximum Gasteiger partial charge on any atom is 0.334 e. The molecule has 1 aliphatic rings. The predicted molar refractivity (Wildman–Crippen MR) is 78.3 cm³/mol. The number of nitrogens with zero attached hydrogens (tertiary/aromatic N) is 2. The summed E-state index contributed by atoms with van der Waals surface area (Å²) in [6, 6.07) is 5.68. The molecule has 1 saturated heterocycles. The summed E-state index contributed by atoms with van der Waals surface area (Å²) in [4.78, 5) is 25.0. The number of ether oxygens (including phenoxy) is 1. The molecule has 1 amide bonds. The summed E-state index contributed by atoms with van der Waals surface area (Å²) in [6.45, 7) is 2.27. The first-order valence-electron chi connectivity index (χ1n) is 7.11. The molecule has 3 rings (SSSR count). The number of carboxylic acids is 1. The highest BCUT2D eigenvalue weighted by atomic mass is 16.5. The highest BCUT2D eigenvalue weighted by molar-refractivity contribution is 5.83. The van der Waals surface area contributed by atoms with Gasteiger partial charge < -0.3 is 14.7 Å². The van der Waals surface area contributed by atoms with Crippen LogP contribution >= 0.6 is 0 Å². The summed E-state index contributed by atoms with van der Waals surface area (Å²) in [5.41, 5.74) is 1.75. The third-order valence-corrected chi connectivity index (χ3v) is 3.75. The Kier molecular flexibility index (Phi) is 3.81. The van der Waals surface area contributed by atoms with Gasteiger partial charge in [0.15, 0.2) is 6.10 Å². The van der Waals surface area contributed by atoms with Crippen molar-refractivity contribution in [1.29, 1.82) is 0 Å². The third kappa shape index (κ3) is 2.94. The number of hydrogen-bond donors (Lipinski definition) is 2. The molecule has 2 N–H and O–H groups in total. The number of nitrogens with one attached hydrogen (secondary N) is 1. The van der Waals surface area contributed by atoms with Gasteiger partial charge >= 0.3 is 5.97 Å². The highest BCUT2D eigenvalue weighted by Gasteiger charge is 2.32. The number of carbonyl (C=O) groups is 2. The second-order valence-electron chi connectivity index (χ2n) is 5.54. The van der Waals surface area contributed by atoms with E-state index in [0.717, 1.165) is 16.5 Å². The smallest absolute Gasteiger partial charge is 0.334 e. The summed E-state index contributed by atoms with van der Waals surface area (Å²) < 4.78 is 5.32. The fourth-order valence-electron chi connectivity index (χ4n) is 2.67. The molecule has 1 aliphatic heterocycles. The van der Waals surface area contributed by atoms with Crippen molar-refractivity contribution in [1.82, 2.24) is 15.1 Å². The van der Waals surface area contributed by atoms with Crippen LogP contribution in [0.4, 0.5) is 0 Å². The van der Waals surface area contributed by atoms with Crippen LogP contribution in [0.3, 0.4) is 0 Å². The average molecular weight is 303 g/mol. The quantitative estimate of drug-likeness (QED) is 0.874. The Bertz CT molecular complexity index is 712. The molecule has 0 radical (unpaired) electrons. The number of aromatic nitrogens is 2. The molecule has 7 nitrogen and oxygen atoms in total. The lowest BCUT2D eigenvalue weighted by Crippen LogP contribution is -2.52. The van der Waals surface area contributed by atoms with Gasteiger partial charge in [0.1, 0.15) is 0 Å². The van der Waals surface area contributed by atoms with Crippen molar-refractivity contribution in [3.63, 3.8) is 0 Å². The number of morpholine rings is 1. The predicted octanol–water partition coefficient (Wildman–Crippen LogP) is 0.806. The van der Waals surface area contributed by atoms with Crippen LogP contribution in [0.25, 0.3) is 10.9 Å². The maximum atomic E-state index is 12.4. The van der Waals surface area contributed by atoms with Gasteiger partial charge in [-0.2, -0.15) is 5.10 Å². The van der Waals surface area contributed by atoms with Crippen molar-refractivity contribution in [2.75, 3.05) is 13.1 Å². The molecule has 2 heterocycles. The zero-order valence-electron chi connectivity index (χ0n) is 12.2. The van der Waals surface area contributed by atoms with Gasteiger partial charge in [-0.1, -0.05) is 12.1 Å². The van der Waals surface area contributed by atoms with Crippen LogP contribution in [0.2, 0.25) is 0 Å². The molecule has 1 aromatic heterocycles. The Balaban J connectivity index is 1.71. The standard InChI is InChI=1S/C15H17N3O4/c1-9-7-18(8-13(22-9)15(20)21)14(19)5-10-2-3-11-6-16-17-12(11)4-10/h2-4,6,9,13H,5,7-8H2,1H3,(H,16,17)(H,20,21)/t9-,13-/m1/s1. The Hall–Kier alpha value is -2.41. The Morgan fingerprint density at radius 3 is 3.05 bits per heavy atom. The van der Waals surface area contributed by atoms with E-state index in [0.29, 0.717) is 6.54 Å². The molecule has 1 aromatic carbocycles. The SMILES string of the molecule is C[C@@H]1CN(C(=O)Cc2ccc3cn[nH]c3c2)C[C@H](C(=O)O)O1. The first-order chi connectivity index (χ1) is 10.5. The molecule has 0 bridgehead atoms. The summed E-state index contributed by atoms with van der Waals surface area (Å²) in [5.74, 6) is -1.14. The molecular weight excluding hydrogens is 286 g/mol. The van der Waals surface area contributed by atoms with Crippen LogP contribution in [0.15, 0.2) is 24.4 Å². The number of hydrogen-bond acceptors (Lipinski definition) is 4. The number of carbonyl (C=O) groups excluding carboxylic acids is 1. The largest absolute Gasteiger partial charge is 0.479 e. The lowest BCUT2D eigenvalue weighted by Gasteiger charge is -2.35. The highest BCUT2D eigenvalue weighted by Crippen LogP contribution is 2.16. The lowest BCUT2D eigenvalue weighted by atomic mass is 10.1. The molecule has 2 atom stereocenters. The van der Waals surface area contributed by atoms with Crippen LogP contribution in [-0.4, -0.2) is 57.4 Å². The lowest BCUT2D eigenvalue weighted by molar-refractivity contribution is -0.166. The van der Waals surface area contributed by atoms with Crippen LogP contribution in [0.1, 0.15) is 12.5 Å². The van der Waals surface area contributed by atoms with Crippen molar-refractivity contribution < 1.29 is 19.4 Å². The molecule has 22 heavy (non-hydrogen) atoms. The van der Waals surface area contributed by atoms with E-state index >= 15 is 0 Å². The minimum Gasteiger partial charge on any atom is -0.479 e. The Labute approximate surface area is 126 Å². The van der Waals surface area contributed by atoms with Gasteiger partial charge in [-0.15, -0.1) is 0 Å². The number of benzene rings is 1. The molecule has 0 saturated carbocycles. The van der Waals surface area contributed by atoms with E-state index in [4.69, 9.17) is 9.84 Å². The molecule has 0 aliphatic carbocycles. The number of amides is 1. The second-order valence-corrected chi connectivity index (χ2v) is 5.54. The van der Waals surface area contributed by atoms with E-state index < -0.39 is 12.1 Å². The fraction of sp³-hybridized carbons (Fsp3) is 0.400. The van der Waals surface area contributed by atoms with E-state index in [2.05, 4.69) is 10.2 Å². The molecule has 2 aromatic rings. The van der Waals surface area contributed by atoms with Gasteiger partial charge in [-0.05, 0) is 18.6 Å². The topological polar surface area (TPSA) is 95.5 Å². The molecule has 0 spiro atoms. The van der Waals surface area contributed by atoms with Gasteiger partial charge in [0.2, 0.25) is 5.91 Å². The number of fused-ring (bicyclic) bond motifs is 1. The first kappa shape index (κ1) is 14.5. The van der Waals surface area contributed by atoms with E-state index in [1.54, 1.807) is 18.0 Å². The molecular formula is C15H17N3O4. The van der Waals surface area contributed by atoms with Crippen LogP contribution in [-0.2, 0) is 20.7 Å². The van der Waals surface area contributed by atoms with Gasteiger partial charge in [0.25, 0.3) is 0 Å². The summed E-state index contributed by atoms with van der Waals surface area (Å²) >= 11 is 0. The number of carboxylic acid groups (broad SMARTS) is 1. The molecule has 7 heteroatoms. The minimum atomic E-state index is -1.04. The Morgan fingerprint density at radius 1 is 1.45 bits per heavy atom. The van der Waals surface area contributed by atoms with Crippen molar-refractivity contribution in [2.45, 2.75) is 25.6 Å². The number of aromatic amines is 1. The van der Waals surface area contributed by atoms with Gasteiger partial charge in [-0.3, -0.25) is 9.89 Å². The third-order valence-electron chi connectivity index (χ3n) is 3.75. The van der Waals surface area contributed by atoms with E-state index in [1.165, 1.54) is 0 Å². The minimum absolute atomic E-state index is 0.0881. The number of aliphatic carboxylic acids is 1. The maximum absolute atomic E-state index is 12.4. The van der Waals surface area contributed by atoms with Crippen molar-refractivity contribution in [3.05, 3.63) is 30.0 Å². The normalized spacial score (nSPS) is 22.0. The van der Waals surface area contributed by atoms with E-state index in [-0.39, 0.29) is 25.0 Å². The molecule has 0 unspecified atom stereocenters. The fourth-order valence-corrected chi connectivity index (χ4v) is 2.67. The second kappa shape index (κ2) is 5.76. The number of H-pyrrole nitrogens is 1. The van der Waals surface area contributed by atoms with Crippen LogP contribution in [0, 0.1) is 0 Å². The zero-order chi connectivity index (χ0) is 15.7. The summed E-state index contributed by atoms with van der Waals surface area (Å²) in [6.07, 6.45) is 0.715. The first-order valence-corrected chi connectivity index (χ1v) is 7.11. The van der Waals surface area contributed by atoms with Crippen molar-refractivity contribution in [3.8, 4) is 0 Å². The van der Waals surface area contributed by atoms with E-state index in [1.807, 2.05) is 18.2 Å².